The van der Waals surface area contributed by atoms with Gasteiger partial charge in [-0.25, -0.2) is 4.98 Å². The Hall–Kier alpha value is -1.55. The Labute approximate surface area is 113 Å². The molecule has 0 atom stereocenters. The highest BCUT2D eigenvalue weighted by atomic mass is 16.4. The monoisotopic (exact) mass is 260 g/mol. The van der Waals surface area contributed by atoms with Crippen molar-refractivity contribution in [1.82, 2.24) is 10.3 Å². The van der Waals surface area contributed by atoms with E-state index in [0.717, 1.165) is 54.8 Å². The maximum Gasteiger partial charge on any atom is 0.194 e. The van der Waals surface area contributed by atoms with Crippen LogP contribution >= 0.6 is 0 Å². The number of oxazole rings is 1. The van der Waals surface area contributed by atoms with Crippen molar-refractivity contribution in [1.29, 1.82) is 0 Å². The molecule has 1 fully saturated rings. The molecule has 3 rings (SSSR count). The minimum Gasteiger partial charge on any atom is -0.469 e. The highest BCUT2D eigenvalue weighted by Gasteiger charge is 2.19. The SMILES string of the molecule is CCc1occc1-c1cnc(CCCNC2CC2)o1. The molecular weight excluding hydrogens is 240 g/mol. The van der Waals surface area contributed by atoms with Gasteiger partial charge in [-0.1, -0.05) is 6.92 Å². The average Bonchev–Trinajstić information content (AvgIpc) is 2.94. The number of nitrogens with zero attached hydrogens (tertiary/aromatic N) is 1. The molecule has 0 amide bonds. The number of hydrogen-bond donors (Lipinski definition) is 1. The third kappa shape index (κ3) is 3.07. The minimum absolute atomic E-state index is 0.776. The van der Waals surface area contributed by atoms with E-state index in [0.29, 0.717) is 0 Å². The summed E-state index contributed by atoms with van der Waals surface area (Å²) in [6.45, 7) is 3.12. The third-order valence-corrected chi connectivity index (χ3v) is 3.46. The molecule has 2 aromatic rings. The van der Waals surface area contributed by atoms with Crippen LogP contribution in [0.5, 0.6) is 0 Å². The first-order valence-corrected chi connectivity index (χ1v) is 7.11. The number of furan rings is 1. The summed E-state index contributed by atoms with van der Waals surface area (Å²) < 4.78 is 11.2. The lowest BCUT2D eigenvalue weighted by atomic mass is 10.2. The van der Waals surface area contributed by atoms with Crippen molar-refractivity contribution in [2.75, 3.05) is 6.54 Å². The summed E-state index contributed by atoms with van der Waals surface area (Å²) >= 11 is 0. The highest BCUT2D eigenvalue weighted by Crippen LogP contribution is 2.26. The fourth-order valence-electron chi connectivity index (χ4n) is 2.22. The van der Waals surface area contributed by atoms with Crippen molar-refractivity contribution in [2.45, 2.75) is 45.1 Å². The summed E-state index contributed by atoms with van der Waals surface area (Å²) in [5.74, 6) is 2.59. The molecule has 0 aliphatic heterocycles. The third-order valence-electron chi connectivity index (χ3n) is 3.46. The minimum atomic E-state index is 0.776. The maximum atomic E-state index is 5.79. The number of nitrogens with one attached hydrogen (secondary N) is 1. The molecule has 0 aromatic carbocycles. The second-order valence-electron chi connectivity index (χ2n) is 5.06. The maximum absolute atomic E-state index is 5.79. The topological polar surface area (TPSA) is 51.2 Å². The van der Waals surface area contributed by atoms with Gasteiger partial charge in [0.15, 0.2) is 11.7 Å². The molecule has 19 heavy (non-hydrogen) atoms. The van der Waals surface area contributed by atoms with E-state index in [4.69, 9.17) is 8.83 Å². The van der Waals surface area contributed by atoms with Crippen molar-refractivity contribution in [3.8, 4) is 11.3 Å². The second kappa shape index (κ2) is 5.61. The molecule has 0 spiro atoms. The lowest BCUT2D eigenvalue weighted by molar-refractivity contribution is 0.486. The van der Waals surface area contributed by atoms with E-state index >= 15 is 0 Å². The summed E-state index contributed by atoms with van der Waals surface area (Å²) in [7, 11) is 0. The summed E-state index contributed by atoms with van der Waals surface area (Å²) in [6, 6.07) is 2.72. The van der Waals surface area contributed by atoms with E-state index in [9.17, 15) is 0 Å². The van der Waals surface area contributed by atoms with Crippen LogP contribution in [0.4, 0.5) is 0 Å². The first kappa shape index (κ1) is 12.5. The zero-order valence-corrected chi connectivity index (χ0v) is 11.3. The van der Waals surface area contributed by atoms with Gasteiger partial charge < -0.3 is 14.2 Å². The Balaban J connectivity index is 1.56. The first-order valence-electron chi connectivity index (χ1n) is 7.11. The van der Waals surface area contributed by atoms with E-state index < -0.39 is 0 Å². The zero-order valence-electron chi connectivity index (χ0n) is 11.3. The van der Waals surface area contributed by atoms with Crippen molar-refractivity contribution >= 4 is 0 Å². The van der Waals surface area contributed by atoms with Gasteiger partial charge in [0.1, 0.15) is 5.76 Å². The van der Waals surface area contributed by atoms with Crippen LogP contribution in [0.2, 0.25) is 0 Å². The van der Waals surface area contributed by atoms with E-state index in [1.165, 1.54) is 12.8 Å². The normalized spacial score (nSPS) is 15.0. The average molecular weight is 260 g/mol. The highest BCUT2D eigenvalue weighted by molar-refractivity contribution is 5.58. The second-order valence-corrected chi connectivity index (χ2v) is 5.06. The molecule has 4 nitrogen and oxygen atoms in total. The van der Waals surface area contributed by atoms with E-state index in [-0.39, 0.29) is 0 Å². The van der Waals surface area contributed by atoms with Crippen LogP contribution < -0.4 is 5.32 Å². The van der Waals surface area contributed by atoms with E-state index in [1.54, 1.807) is 12.5 Å². The van der Waals surface area contributed by atoms with Crippen LogP contribution in [0.15, 0.2) is 27.4 Å². The summed E-state index contributed by atoms with van der Waals surface area (Å²) in [5.41, 5.74) is 1.03. The molecular formula is C15H20N2O2. The number of rotatable bonds is 7. The standard InChI is InChI=1S/C15H20N2O2/c1-2-13-12(7-9-18-13)14-10-17-15(19-14)4-3-8-16-11-5-6-11/h7,9-11,16H,2-6,8H2,1H3. The van der Waals surface area contributed by atoms with Gasteiger partial charge in [0.05, 0.1) is 18.0 Å². The Kier molecular flexibility index (Phi) is 3.69. The van der Waals surface area contributed by atoms with E-state index in [2.05, 4.69) is 17.2 Å². The molecule has 0 saturated heterocycles. The molecule has 102 valence electrons. The molecule has 4 heteroatoms. The lowest BCUT2D eigenvalue weighted by Crippen LogP contribution is -2.17. The Morgan fingerprint density at radius 2 is 2.32 bits per heavy atom. The molecule has 0 radical (unpaired) electrons. The van der Waals surface area contributed by atoms with Crippen molar-refractivity contribution in [3.05, 3.63) is 30.2 Å². The van der Waals surface area contributed by atoms with Gasteiger partial charge in [0, 0.05) is 18.9 Å². The van der Waals surface area contributed by atoms with E-state index in [1.807, 2.05) is 6.07 Å². The van der Waals surface area contributed by atoms with Crippen LogP contribution in [0, 0.1) is 0 Å². The smallest absolute Gasteiger partial charge is 0.194 e. The number of aryl methyl sites for hydroxylation is 2. The molecule has 0 unspecified atom stereocenters. The molecule has 1 aliphatic carbocycles. The predicted octanol–water partition coefficient (Wildman–Crippen LogP) is 3.18. The van der Waals surface area contributed by atoms with Gasteiger partial charge in [0.2, 0.25) is 0 Å². The summed E-state index contributed by atoms with van der Waals surface area (Å²) in [5, 5.41) is 3.49. The molecule has 2 aromatic heterocycles. The first-order chi connectivity index (χ1) is 9.36. The van der Waals surface area contributed by atoms with Crippen LogP contribution in [0.1, 0.15) is 37.8 Å². The van der Waals surface area contributed by atoms with Crippen LogP contribution in [-0.2, 0) is 12.8 Å². The molecule has 2 heterocycles. The van der Waals surface area contributed by atoms with Crippen molar-refractivity contribution in [2.24, 2.45) is 0 Å². The Bertz CT molecular complexity index is 526. The van der Waals surface area contributed by atoms with Gasteiger partial charge in [-0.15, -0.1) is 0 Å². The number of aromatic nitrogens is 1. The van der Waals surface area contributed by atoms with Crippen LogP contribution in [0.3, 0.4) is 0 Å². The van der Waals surface area contributed by atoms with Crippen LogP contribution in [-0.4, -0.2) is 17.6 Å². The predicted molar refractivity (Wildman–Crippen MR) is 72.9 cm³/mol. The van der Waals surface area contributed by atoms with Gasteiger partial charge in [-0.2, -0.15) is 0 Å². The molecule has 1 saturated carbocycles. The Morgan fingerprint density at radius 1 is 1.42 bits per heavy atom. The van der Waals surface area contributed by atoms with Crippen molar-refractivity contribution < 1.29 is 8.83 Å². The Morgan fingerprint density at radius 3 is 3.11 bits per heavy atom. The summed E-state index contributed by atoms with van der Waals surface area (Å²) in [4.78, 5) is 4.34. The zero-order chi connectivity index (χ0) is 13.1. The fraction of sp³-hybridized carbons (Fsp3) is 0.533. The van der Waals surface area contributed by atoms with Gasteiger partial charge in [0.25, 0.3) is 0 Å². The lowest BCUT2D eigenvalue weighted by Gasteiger charge is -2.00. The number of hydrogen-bond acceptors (Lipinski definition) is 4. The summed E-state index contributed by atoms with van der Waals surface area (Å²) in [6.07, 6.45) is 9.00. The van der Waals surface area contributed by atoms with Crippen LogP contribution in [0.25, 0.3) is 11.3 Å². The largest absolute Gasteiger partial charge is 0.469 e. The van der Waals surface area contributed by atoms with Gasteiger partial charge >= 0.3 is 0 Å². The van der Waals surface area contributed by atoms with Gasteiger partial charge in [-0.05, 0) is 31.9 Å². The van der Waals surface area contributed by atoms with Gasteiger partial charge in [-0.3, -0.25) is 0 Å². The fourth-order valence-corrected chi connectivity index (χ4v) is 2.22. The van der Waals surface area contributed by atoms with Crippen molar-refractivity contribution in [3.63, 3.8) is 0 Å². The molecule has 1 aliphatic rings. The molecule has 1 N–H and O–H groups in total. The molecule has 0 bridgehead atoms. The quantitative estimate of drug-likeness (QED) is 0.777.